The van der Waals surface area contributed by atoms with Gasteiger partial charge in [-0.2, -0.15) is 5.26 Å². The average molecular weight is 418 g/mol. The first-order valence-electron chi connectivity index (χ1n) is 10.8. The lowest BCUT2D eigenvalue weighted by Gasteiger charge is -2.48. The fourth-order valence-electron chi connectivity index (χ4n) is 5.20. The molecule has 160 valence electrons. The minimum absolute atomic E-state index is 0.0483. The molecule has 0 saturated heterocycles. The number of nitrogens with two attached hydrogens (primary N) is 1. The quantitative estimate of drug-likeness (QED) is 0.818. The highest BCUT2D eigenvalue weighted by molar-refractivity contribution is 5.75. The minimum Gasteiger partial charge on any atom is -0.490 e. The Morgan fingerprint density at radius 1 is 1.23 bits per heavy atom. The molecule has 1 unspecified atom stereocenters. The van der Waals surface area contributed by atoms with E-state index >= 15 is 0 Å². The number of nitrogens with zero attached hydrogens (tertiary/aromatic N) is 3. The molecule has 1 aromatic carbocycles. The molecular formula is C24H26N4O3. The summed E-state index contributed by atoms with van der Waals surface area (Å²) in [7, 11) is 0. The molecule has 3 heterocycles. The van der Waals surface area contributed by atoms with Crippen LogP contribution in [0.3, 0.4) is 0 Å². The van der Waals surface area contributed by atoms with Gasteiger partial charge < -0.3 is 19.9 Å². The molecule has 7 heteroatoms. The maximum Gasteiger partial charge on any atom is 0.283 e. The Balaban J connectivity index is 1.59. The van der Waals surface area contributed by atoms with Gasteiger partial charge in [-0.1, -0.05) is 6.07 Å². The first-order chi connectivity index (χ1) is 15.0. The molecule has 1 saturated carbocycles. The van der Waals surface area contributed by atoms with Gasteiger partial charge in [-0.3, -0.25) is 4.98 Å². The number of pyridine rings is 1. The van der Waals surface area contributed by atoms with E-state index in [1.54, 1.807) is 12.4 Å². The zero-order chi connectivity index (χ0) is 21.6. The Labute approximate surface area is 181 Å². The molecule has 31 heavy (non-hydrogen) atoms. The van der Waals surface area contributed by atoms with Crippen LogP contribution in [-0.2, 0) is 15.0 Å². The highest BCUT2D eigenvalue weighted by Crippen LogP contribution is 2.53. The van der Waals surface area contributed by atoms with E-state index in [0.717, 1.165) is 41.7 Å². The summed E-state index contributed by atoms with van der Waals surface area (Å²) in [6.45, 7) is 4.53. The molecule has 3 aliphatic rings. The van der Waals surface area contributed by atoms with Crippen LogP contribution >= 0.6 is 0 Å². The minimum atomic E-state index is -0.600. The van der Waals surface area contributed by atoms with Crippen molar-refractivity contribution in [2.24, 2.45) is 16.6 Å². The van der Waals surface area contributed by atoms with Crippen LogP contribution < -0.4 is 10.5 Å². The molecule has 4 atom stereocenters. The predicted molar refractivity (Wildman–Crippen MR) is 115 cm³/mol. The summed E-state index contributed by atoms with van der Waals surface area (Å²) in [5.41, 5.74) is 8.75. The standard InChI is InChI=1S/C24H26N4O3/c1-14(2)30-18-4-6-22-20(9-18)24(13-29-23(26)28-24)19-8-16(3-5-21(19)31-22)17-7-15(10-25)11-27-12-17/h3,5,7-8,11-12,14,18,20,22H,4,6,9,13H2,1-2H3,(H2,26,28)/t18-,20-,22?,24-/m0/s1. The number of nitriles is 1. The SMILES string of the molecule is CC(C)O[C@H]1CCC2Oc3ccc(-c4cncc(C#N)c4)cc3[C@@]3(COC(N)=N3)[C@H]2C1. The van der Waals surface area contributed by atoms with Crippen LogP contribution in [0.15, 0.2) is 41.7 Å². The largest absolute Gasteiger partial charge is 0.490 e. The molecule has 0 bridgehead atoms. The van der Waals surface area contributed by atoms with E-state index in [-0.39, 0.29) is 30.3 Å². The Kier molecular flexibility index (Phi) is 4.82. The van der Waals surface area contributed by atoms with Crippen LogP contribution in [0, 0.1) is 17.2 Å². The van der Waals surface area contributed by atoms with Crippen LogP contribution in [0.5, 0.6) is 5.75 Å². The predicted octanol–water partition coefficient (Wildman–Crippen LogP) is 3.52. The van der Waals surface area contributed by atoms with Crippen LogP contribution in [0.4, 0.5) is 0 Å². The average Bonchev–Trinajstić information content (AvgIpc) is 3.16. The van der Waals surface area contributed by atoms with Gasteiger partial charge in [0.25, 0.3) is 6.02 Å². The number of hydrogen-bond acceptors (Lipinski definition) is 7. The van der Waals surface area contributed by atoms with Crippen molar-refractivity contribution in [2.75, 3.05) is 6.61 Å². The number of aliphatic imine (C=N–C) groups is 1. The van der Waals surface area contributed by atoms with E-state index in [1.807, 2.05) is 18.2 Å². The van der Waals surface area contributed by atoms with Crippen molar-refractivity contribution in [3.63, 3.8) is 0 Å². The van der Waals surface area contributed by atoms with Crippen molar-refractivity contribution in [1.82, 2.24) is 4.98 Å². The van der Waals surface area contributed by atoms with Crippen LogP contribution in [-0.4, -0.2) is 35.9 Å². The highest BCUT2D eigenvalue weighted by Gasteiger charge is 2.55. The van der Waals surface area contributed by atoms with E-state index in [1.165, 1.54) is 0 Å². The summed E-state index contributed by atoms with van der Waals surface area (Å²) >= 11 is 0. The molecule has 2 N–H and O–H groups in total. The van der Waals surface area contributed by atoms with Crippen LogP contribution in [0.2, 0.25) is 0 Å². The first-order valence-corrected chi connectivity index (χ1v) is 10.8. The molecule has 1 spiro atoms. The van der Waals surface area contributed by atoms with Crippen LogP contribution in [0.25, 0.3) is 11.1 Å². The monoisotopic (exact) mass is 418 g/mol. The smallest absolute Gasteiger partial charge is 0.283 e. The molecule has 0 radical (unpaired) electrons. The Bertz CT molecular complexity index is 1080. The van der Waals surface area contributed by atoms with E-state index in [4.69, 9.17) is 24.9 Å². The zero-order valence-corrected chi connectivity index (χ0v) is 17.7. The van der Waals surface area contributed by atoms with Crippen molar-refractivity contribution in [2.45, 2.75) is 57.0 Å². The van der Waals surface area contributed by atoms with Crippen molar-refractivity contribution in [3.8, 4) is 22.9 Å². The number of benzene rings is 1. The Hall–Kier alpha value is -3.11. The van der Waals surface area contributed by atoms with Gasteiger partial charge in [0.05, 0.1) is 17.8 Å². The summed E-state index contributed by atoms with van der Waals surface area (Å²) in [5, 5.41) is 9.24. The lowest BCUT2D eigenvalue weighted by Crippen LogP contribution is -2.52. The lowest BCUT2D eigenvalue weighted by atomic mass is 9.67. The number of hydrogen-bond donors (Lipinski definition) is 1. The second-order valence-corrected chi connectivity index (χ2v) is 8.83. The lowest BCUT2D eigenvalue weighted by molar-refractivity contribution is -0.0791. The summed E-state index contributed by atoms with van der Waals surface area (Å²) in [6.07, 6.45) is 6.44. The van der Waals surface area contributed by atoms with Gasteiger partial charge in [-0.05, 0) is 56.9 Å². The number of amidine groups is 1. The Morgan fingerprint density at radius 3 is 2.84 bits per heavy atom. The summed E-state index contributed by atoms with van der Waals surface area (Å²) in [5.74, 6) is 0.928. The van der Waals surface area contributed by atoms with Crippen molar-refractivity contribution in [1.29, 1.82) is 5.26 Å². The van der Waals surface area contributed by atoms with Gasteiger partial charge in [0.1, 0.15) is 30.1 Å². The molecule has 2 aliphatic heterocycles. The summed E-state index contributed by atoms with van der Waals surface area (Å²) < 4.78 is 18.3. The van der Waals surface area contributed by atoms with Gasteiger partial charge in [0, 0.05) is 29.4 Å². The number of ether oxygens (including phenoxy) is 3. The number of aromatic nitrogens is 1. The second-order valence-electron chi connectivity index (χ2n) is 8.83. The third-order valence-corrected chi connectivity index (χ3v) is 6.49. The molecule has 1 fully saturated rings. The topological polar surface area (TPSA) is 103 Å². The molecule has 2 aromatic rings. The summed E-state index contributed by atoms with van der Waals surface area (Å²) in [6, 6.07) is 10.3. The number of rotatable bonds is 3. The van der Waals surface area contributed by atoms with Gasteiger partial charge >= 0.3 is 0 Å². The fraction of sp³-hybridized carbons (Fsp3) is 0.458. The van der Waals surface area contributed by atoms with Crippen molar-refractivity contribution < 1.29 is 14.2 Å². The molecule has 0 amide bonds. The van der Waals surface area contributed by atoms with E-state index < -0.39 is 5.54 Å². The van der Waals surface area contributed by atoms with Crippen molar-refractivity contribution in [3.05, 3.63) is 47.8 Å². The molecular weight excluding hydrogens is 392 g/mol. The van der Waals surface area contributed by atoms with Gasteiger partial charge in [0.2, 0.25) is 0 Å². The van der Waals surface area contributed by atoms with Gasteiger partial charge in [0.15, 0.2) is 0 Å². The summed E-state index contributed by atoms with van der Waals surface area (Å²) in [4.78, 5) is 9.06. The number of fused-ring (bicyclic) bond motifs is 4. The van der Waals surface area contributed by atoms with Crippen LogP contribution in [0.1, 0.15) is 44.2 Å². The fourth-order valence-corrected chi connectivity index (χ4v) is 5.20. The Morgan fingerprint density at radius 2 is 2.10 bits per heavy atom. The third-order valence-electron chi connectivity index (χ3n) is 6.49. The maximum absolute atomic E-state index is 9.24. The van der Waals surface area contributed by atoms with E-state index in [9.17, 15) is 5.26 Å². The maximum atomic E-state index is 9.24. The molecule has 1 aromatic heterocycles. The van der Waals surface area contributed by atoms with E-state index in [2.05, 4.69) is 31.0 Å². The van der Waals surface area contributed by atoms with Gasteiger partial charge in [-0.15, -0.1) is 0 Å². The highest BCUT2D eigenvalue weighted by atomic mass is 16.5. The second kappa shape index (κ2) is 7.54. The van der Waals surface area contributed by atoms with Gasteiger partial charge in [-0.25, -0.2) is 4.99 Å². The van der Waals surface area contributed by atoms with Crippen molar-refractivity contribution >= 4 is 6.02 Å². The first kappa shape index (κ1) is 19.8. The third kappa shape index (κ3) is 3.41. The molecule has 7 nitrogen and oxygen atoms in total. The van der Waals surface area contributed by atoms with E-state index in [0.29, 0.717) is 12.2 Å². The molecule has 1 aliphatic carbocycles. The normalized spacial score (nSPS) is 28.8. The zero-order valence-electron chi connectivity index (χ0n) is 17.7. The molecule has 5 rings (SSSR count).